The lowest BCUT2D eigenvalue weighted by Gasteiger charge is -2.36. The molecular weight excluding hydrogens is 418 g/mol. The van der Waals surface area contributed by atoms with Crippen LogP contribution in [0.2, 0.25) is 0 Å². The van der Waals surface area contributed by atoms with Crippen molar-refractivity contribution in [2.24, 2.45) is 11.7 Å². The molecule has 0 aromatic heterocycles. The molecule has 2 aromatic carbocycles. The molecule has 2 aromatic rings. The lowest BCUT2D eigenvalue weighted by Crippen LogP contribution is -2.39. The standard InChI is InChI=1S/C22H17N3O5S/c1-24-19(26)10-6-8-11(9-7-10)25-20(27)15-14-12-4-2-3-5-13(12)30-22(29)16(14)18(23)31-17(15)21(25)28/h2-9,14-15,17H,23H2,1H3,(H,24,26). The van der Waals surface area contributed by atoms with Crippen LogP contribution >= 0.6 is 11.8 Å². The van der Waals surface area contributed by atoms with E-state index >= 15 is 0 Å². The Balaban J connectivity index is 1.58. The third kappa shape index (κ3) is 2.77. The van der Waals surface area contributed by atoms with E-state index in [1.54, 1.807) is 48.5 Å². The Bertz CT molecular complexity index is 1190. The van der Waals surface area contributed by atoms with E-state index in [-0.39, 0.29) is 16.5 Å². The number of esters is 1. The van der Waals surface area contributed by atoms with Gasteiger partial charge in [-0.05, 0) is 30.3 Å². The van der Waals surface area contributed by atoms with Crippen molar-refractivity contribution in [2.75, 3.05) is 11.9 Å². The SMILES string of the molecule is CNC(=O)c1ccc(N2C(=O)C3SC(N)=C4C(=O)Oc5ccccc5C4C3C2=O)cc1. The quantitative estimate of drug-likeness (QED) is 0.417. The molecule has 3 unspecified atom stereocenters. The number of nitrogens with two attached hydrogens (primary N) is 1. The second-order valence-electron chi connectivity index (χ2n) is 7.39. The van der Waals surface area contributed by atoms with Crippen LogP contribution in [0.15, 0.2) is 59.1 Å². The molecule has 0 spiro atoms. The van der Waals surface area contributed by atoms with Crippen LogP contribution in [0.1, 0.15) is 21.8 Å². The minimum Gasteiger partial charge on any atom is -0.423 e. The zero-order chi connectivity index (χ0) is 21.9. The van der Waals surface area contributed by atoms with Crippen molar-refractivity contribution in [3.8, 4) is 5.75 Å². The number of amides is 3. The summed E-state index contributed by atoms with van der Waals surface area (Å²) in [6.07, 6.45) is 0. The number of benzene rings is 2. The van der Waals surface area contributed by atoms with Crippen LogP contribution in [0.3, 0.4) is 0 Å². The van der Waals surface area contributed by atoms with Gasteiger partial charge < -0.3 is 15.8 Å². The molecule has 3 amide bonds. The average Bonchev–Trinajstić information content (AvgIpc) is 3.02. The summed E-state index contributed by atoms with van der Waals surface area (Å²) in [6, 6.07) is 13.2. The second kappa shape index (κ2) is 6.98. The first-order valence-electron chi connectivity index (χ1n) is 9.59. The van der Waals surface area contributed by atoms with Crippen LogP contribution in [-0.2, 0) is 14.4 Å². The largest absolute Gasteiger partial charge is 0.423 e. The van der Waals surface area contributed by atoms with Crippen molar-refractivity contribution >= 4 is 41.1 Å². The molecule has 31 heavy (non-hydrogen) atoms. The highest BCUT2D eigenvalue weighted by atomic mass is 32.2. The van der Waals surface area contributed by atoms with E-state index in [0.29, 0.717) is 22.6 Å². The predicted molar refractivity (Wildman–Crippen MR) is 113 cm³/mol. The summed E-state index contributed by atoms with van der Waals surface area (Å²) in [5.74, 6) is -2.74. The lowest BCUT2D eigenvalue weighted by atomic mass is 9.77. The number of hydrogen-bond acceptors (Lipinski definition) is 7. The van der Waals surface area contributed by atoms with Crippen molar-refractivity contribution < 1.29 is 23.9 Å². The number of anilines is 1. The second-order valence-corrected chi connectivity index (χ2v) is 8.57. The monoisotopic (exact) mass is 435 g/mol. The molecule has 3 atom stereocenters. The first-order valence-corrected chi connectivity index (χ1v) is 10.5. The van der Waals surface area contributed by atoms with E-state index in [9.17, 15) is 19.2 Å². The Hall–Kier alpha value is -3.59. The maximum atomic E-state index is 13.5. The number of ether oxygens (including phenoxy) is 1. The summed E-state index contributed by atoms with van der Waals surface area (Å²) in [6.45, 7) is 0. The number of thioether (sulfide) groups is 1. The highest BCUT2D eigenvalue weighted by molar-refractivity contribution is 8.04. The third-order valence-electron chi connectivity index (χ3n) is 5.78. The van der Waals surface area contributed by atoms with E-state index in [1.165, 1.54) is 7.05 Å². The molecule has 3 heterocycles. The van der Waals surface area contributed by atoms with Gasteiger partial charge in [0, 0.05) is 24.1 Å². The Labute approximate surface area is 181 Å². The molecule has 1 saturated heterocycles. The first kappa shape index (κ1) is 19.4. The number of hydrogen-bond donors (Lipinski definition) is 2. The molecule has 1 fully saturated rings. The van der Waals surface area contributed by atoms with Crippen molar-refractivity contribution in [3.05, 3.63) is 70.3 Å². The van der Waals surface area contributed by atoms with E-state index < -0.39 is 34.9 Å². The van der Waals surface area contributed by atoms with Crippen molar-refractivity contribution in [1.82, 2.24) is 5.32 Å². The van der Waals surface area contributed by atoms with Crippen LogP contribution in [0.4, 0.5) is 5.69 Å². The number of imide groups is 1. The van der Waals surface area contributed by atoms with Gasteiger partial charge in [0.1, 0.15) is 11.0 Å². The molecule has 3 aliphatic heterocycles. The first-order chi connectivity index (χ1) is 14.9. The number of carbonyl (C=O) groups excluding carboxylic acids is 4. The van der Waals surface area contributed by atoms with Gasteiger partial charge in [-0.25, -0.2) is 9.69 Å². The number of rotatable bonds is 2. The minimum absolute atomic E-state index is 0.198. The van der Waals surface area contributed by atoms with E-state index in [4.69, 9.17) is 10.5 Å². The molecular formula is C22H17N3O5S. The molecule has 0 saturated carbocycles. The van der Waals surface area contributed by atoms with E-state index in [0.717, 1.165) is 16.7 Å². The van der Waals surface area contributed by atoms with Crippen LogP contribution in [0, 0.1) is 5.92 Å². The number of nitrogens with zero attached hydrogens (tertiary/aromatic N) is 1. The van der Waals surface area contributed by atoms with Gasteiger partial charge in [0.05, 0.1) is 22.2 Å². The van der Waals surface area contributed by atoms with Crippen LogP contribution in [0.5, 0.6) is 5.75 Å². The third-order valence-corrected chi connectivity index (χ3v) is 7.00. The van der Waals surface area contributed by atoms with Crippen molar-refractivity contribution in [1.29, 1.82) is 0 Å². The zero-order valence-electron chi connectivity index (χ0n) is 16.3. The zero-order valence-corrected chi connectivity index (χ0v) is 17.1. The summed E-state index contributed by atoms with van der Waals surface area (Å²) in [4.78, 5) is 52.3. The van der Waals surface area contributed by atoms with Gasteiger partial charge in [-0.3, -0.25) is 14.4 Å². The van der Waals surface area contributed by atoms with Gasteiger partial charge in [-0.2, -0.15) is 0 Å². The molecule has 8 nitrogen and oxygen atoms in total. The van der Waals surface area contributed by atoms with Gasteiger partial charge in [0.25, 0.3) is 5.91 Å². The Morgan fingerprint density at radius 1 is 1.06 bits per heavy atom. The van der Waals surface area contributed by atoms with Gasteiger partial charge in [0.2, 0.25) is 11.8 Å². The lowest BCUT2D eigenvalue weighted by molar-refractivity contribution is -0.131. The van der Waals surface area contributed by atoms with Crippen LogP contribution in [0.25, 0.3) is 0 Å². The highest BCUT2D eigenvalue weighted by Gasteiger charge is 2.58. The molecule has 0 aliphatic carbocycles. The number of fused-ring (bicyclic) bond motifs is 5. The fourth-order valence-corrected chi connectivity index (χ4v) is 5.60. The summed E-state index contributed by atoms with van der Waals surface area (Å²) in [7, 11) is 1.52. The van der Waals surface area contributed by atoms with E-state index in [2.05, 4.69) is 5.32 Å². The molecule has 0 bridgehead atoms. The minimum atomic E-state index is -0.785. The summed E-state index contributed by atoms with van der Waals surface area (Å²) < 4.78 is 5.40. The maximum Gasteiger partial charge on any atom is 0.342 e. The molecule has 5 rings (SSSR count). The molecule has 9 heteroatoms. The molecule has 3 N–H and O–H groups in total. The Kier molecular flexibility index (Phi) is 4.37. The number of para-hydroxylation sites is 1. The van der Waals surface area contributed by atoms with Gasteiger partial charge >= 0.3 is 5.97 Å². The molecule has 156 valence electrons. The van der Waals surface area contributed by atoms with Crippen LogP contribution < -0.4 is 20.7 Å². The van der Waals surface area contributed by atoms with Crippen LogP contribution in [-0.4, -0.2) is 36.0 Å². The number of nitrogens with one attached hydrogen (secondary N) is 1. The predicted octanol–water partition coefficient (Wildman–Crippen LogP) is 1.52. The Morgan fingerprint density at radius 2 is 1.77 bits per heavy atom. The average molecular weight is 435 g/mol. The van der Waals surface area contributed by atoms with E-state index in [1.807, 2.05) is 0 Å². The number of carbonyl (C=O) groups is 4. The summed E-state index contributed by atoms with van der Waals surface area (Å²) in [5, 5.41) is 1.97. The fraction of sp³-hybridized carbons (Fsp3) is 0.182. The summed E-state index contributed by atoms with van der Waals surface area (Å²) in [5.41, 5.74) is 7.83. The maximum absolute atomic E-state index is 13.5. The molecule has 0 radical (unpaired) electrons. The highest BCUT2D eigenvalue weighted by Crippen LogP contribution is 2.54. The summed E-state index contributed by atoms with van der Waals surface area (Å²) >= 11 is 1.02. The molecule has 3 aliphatic rings. The Morgan fingerprint density at radius 3 is 2.48 bits per heavy atom. The fourth-order valence-electron chi connectivity index (χ4n) is 4.36. The van der Waals surface area contributed by atoms with Gasteiger partial charge in [0.15, 0.2) is 0 Å². The smallest absolute Gasteiger partial charge is 0.342 e. The topological polar surface area (TPSA) is 119 Å². The van der Waals surface area contributed by atoms with Crippen molar-refractivity contribution in [2.45, 2.75) is 11.2 Å². The van der Waals surface area contributed by atoms with Gasteiger partial charge in [-0.15, -0.1) is 0 Å². The normalized spacial score (nSPS) is 24.4. The van der Waals surface area contributed by atoms with Crippen molar-refractivity contribution in [3.63, 3.8) is 0 Å². The van der Waals surface area contributed by atoms with Gasteiger partial charge in [-0.1, -0.05) is 30.0 Å².